The topological polar surface area (TPSA) is 38.1 Å². The van der Waals surface area contributed by atoms with E-state index in [0.29, 0.717) is 18.7 Å². The molecule has 0 saturated carbocycles. The van der Waals surface area contributed by atoms with E-state index in [1.165, 1.54) is 12.1 Å². The molecule has 0 radical (unpaired) electrons. The number of aromatic nitrogens is 2. The first-order valence-corrected chi connectivity index (χ1v) is 9.16. The van der Waals surface area contributed by atoms with Crippen LogP contribution < -0.4 is 0 Å². The summed E-state index contributed by atoms with van der Waals surface area (Å²) >= 11 is 3.39. The number of halogens is 2. The highest BCUT2D eigenvalue weighted by Gasteiger charge is 2.16. The van der Waals surface area contributed by atoms with Gasteiger partial charge in [0.15, 0.2) is 0 Å². The van der Waals surface area contributed by atoms with Gasteiger partial charge in [-0.15, -0.1) is 0 Å². The van der Waals surface area contributed by atoms with Crippen molar-refractivity contribution in [3.05, 3.63) is 88.7 Å². The van der Waals surface area contributed by atoms with Gasteiger partial charge < -0.3 is 9.47 Å². The van der Waals surface area contributed by atoms with Crippen molar-refractivity contribution in [1.29, 1.82) is 0 Å². The minimum Gasteiger partial charge on any atom is -0.337 e. The SMILES string of the molecule is O=C(c1ccc(Br)cc1)N(CCCn1ccnc1)Cc1ccc(F)cc1. The molecule has 26 heavy (non-hydrogen) atoms. The van der Waals surface area contributed by atoms with Crippen molar-refractivity contribution in [2.75, 3.05) is 6.54 Å². The number of benzene rings is 2. The van der Waals surface area contributed by atoms with Crippen LogP contribution in [0.15, 0.2) is 71.7 Å². The van der Waals surface area contributed by atoms with E-state index >= 15 is 0 Å². The summed E-state index contributed by atoms with van der Waals surface area (Å²) in [5, 5.41) is 0. The van der Waals surface area contributed by atoms with Crippen molar-refractivity contribution in [2.45, 2.75) is 19.5 Å². The summed E-state index contributed by atoms with van der Waals surface area (Å²) in [6.07, 6.45) is 6.21. The standard InChI is InChI=1S/C20H19BrFN3O/c21-18-6-4-17(5-7-18)20(26)25(12-1-11-24-13-10-23-15-24)14-16-2-8-19(22)9-3-16/h2-10,13,15H,1,11-12,14H2. The lowest BCUT2D eigenvalue weighted by Gasteiger charge is -2.23. The molecule has 0 atom stereocenters. The zero-order valence-corrected chi connectivity index (χ0v) is 15.8. The molecule has 0 saturated heterocycles. The Kier molecular flexibility index (Phi) is 6.17. The van der Waals surface area contributed by atoms with Gasteiger partial charge in [0.05, 0.1) is 6.33 Å². The number of carbonyl (C=O) groups excluding carboxylic acids is 1. The van der Waals surface area contributed by atoms with Gasteiger partial charge in [0.25, 0.3) is 5.91 Å². The molecule has 0 spiro atoms. The summed E-state index contributed by atoms with van der Waals surface area (Å²) in [6.45, 7) is 1.83. The smallest absolute Gasteiger partial charge is 0.254 e. The van der Waals surface area contributed by atoms with E-state index in [4.69, 9.17) is 0 Å². The third kappa shape index (κ3) is 5.02. The fourth-order valence-electron chi connectivity index (χ4n) is 2.70. The van der Waals surface area contributed by atoms with Crippen molar-refractivity contribution >= 4 is 21.8 Å². The number of amides is 1. The number of nitrogens with zero attached hydrogens (tertiary/aromatic N) is 3. The zero-order chi connectivity index (χ0) is 18.4. The maximum Gasteiger partial charge on any atom is 0.254 e. The van der Waals surface area contributed by atoms with E-state index < -0.39 is 0 Å². The molecule has 2 aromatic carbocycles. The summed E-state index contributed by atoms with van der Waals surface area (Å²) < 4.78 is 16.1. The average Bonchev–Trinajstić information content (AvgIpc) is 3.16. The quantitative estimate of drug-likeness (QED) is 0.568. The van der Waals surface area contributed by atoms with E-state index in [2.05, 4.69) is 20.9 Å². The largest absolute Gasteiger partial charge is 0.337 e. The number of imidazole rings is 1. The van der Waals surface area contributed by atoms with Crippen LogP contribution in [-0.2, 0) is 13.1 Å². The highest BCUT2D eigenvalue weighted by atomic mass is 79.9. The van der Waals surface area contributed by atoms with Crippen LogP contribution in [-0.4, -0.2) is 26.9 Å². The van der Waals surface area contributed by atoms with E-state index in [9.17, 15) is 9.18 Å². The van der Waals surface area contributed by atoms with Crippen LogP contribution in [0, 0.1) is 5.82 Å². The number of rotatable bonds is 7. The molecule has 0 unspecified atom stereocenters. The predicted octanol–water partition coefficient (Wildman–Crippen LogP) is 4.52. The normalized spacial score (nSPS) is 10.7. The van der Waals surface area contributed by atoms with Crippen molar-refractivity contribution in [1.82, 2.24) is 14.5 Å². The first-order chi connectivity index (χ1) is 12.6. The van der Waals surface area contributed by atoms with E-state index in [-0.39, 0.29) is 11.7 Å². The van der Waals surface area contributed by atoms with Crippen molar-refractivity contribution in [2.24, 2.45) is 0 Å². The molecule has 4 nitrogen and oxygen atoms in total. The lowest BCUT2D eigenvalue weighted by Crippen LogP contribution is -2.32. The van der Waals surface area contributed by atoms with Crippen molar-refractivity contribution in [3.63, 3.8) is 0 Å². The summed E-state index contributed by atoms with van der Waals surface area (Å²) in [6, 6.07) is 13.6. The Hall–Kier alpha value is -2.47. The molecule has 6 heteroatoms. The van der Waals surface area contributed by atoms with Crippen LogP contribution in [0.25, 0.3) is 0 Å². The number of hydrogen-bond acceptors (Lipinski definition) is 2. The molecule has 0 fully saturated rings. The van der Waals surface area contributed by atoms with Gasteiger partial charge in [-0.05, 0) is 48.4 Å². The minimum atomic E-state index is -0.278. The Bertz CT molecular complexity index is 833. The Balaban J connectivity index is 1.71. The lowest BCUT2D eigenvalue weighted by atomic mass is 10.1. The Morgan fingerprint density at radius 1 is 1.12 bits per heavy atom. The van der Waals surface area contributed by atoms with Gasteiger partial charge in [-0.2, -0.15) is 0 Å². The molecule has 0 N–H and O–H groups in total. The fraction of sp³-hybridized carbons (Fsp3) is 0.200. The second-order valence-electron chi connectivity index (χ2n) is 6.01. The molecule has 0 aliphatic carbocycles. The van der Waals surface area contributed by atoms with Crippen LogP contribution >= 0.6 is 15.9 Å². The van der Waals surface area contributed by atoms with Crippen molar-refractivity contribution in [3.8, 4) is 0 Å². The summed E-state index contributed by atoms with van der Waals surface area (Å²) in [7, 11) is 0. The summed E-state index contributed by atoms with van der Waals surface area (Å²) in [5.41, 5.74) is 1.54. The highest BCUT2D eigenvalue weighted by Crippen LogP contribution is 2.15. The zero-order valence-electron chi connectivity index (χ0n) is 14.2. The highest BCUT2D eigenvalue weighted by molar-refractivity contribution is 9.10. The van der Waals surface area contributed by atoms with Crippen LogP contribution in [0.3, 0.4) is 0 Å². The van der Waals surface area contributed by atoms with Crippen LogP contribution in [0.2, 0.25) is 0 Å². The molecule has 0 aliphatic rings. The van der Waals surface area contributed by atoms with Crippen LogP contribution in [0.4, 0.5) is 4.39 Å². The molecule has 1 amide bonds. The molecule has 3 aromatic rings. The fourth-order valence-corrected chi connectivity index (χ4v) is 2.97. The number of aryl methyl sites for hydroxylation is 1. The number of hydrogen-bond donors (Lipinski definition) is 0. The summed E-state index contributed by atoms with van der Waals surface area (Å²) in [5.74, 6) is -0.313. The van der Waals surface area contributed by atoms with Gasteiger partial charge in [0, 0.05) is 42.1 Å². The monoisotopic (exact) mass is 415 g/mol. The predicted molar refractivity (Wildman–Crippen MR) is 102 cm³/mol. The van der Waals surface area contributed by atoms with Crippen LogP contribution in [0.1, 0.15) is 22.3 Å². The number of carbonyl (C=O) groups is 1. The van der Waals surface area contributed by atoms with E-state index in [0.717, 1.165) is 23.0 Å². The van der Waals surface area contributed by atoms with E-state index in [1.54, 1.807) is 41.7 Å². The van der Waals surface area contributed by atoms with Gasteiger partial charge >= 0.3 is 0 Å². The average molecular weight is 416 g/mol. The van der Waals surface area contributed by atoms with Crippen LogP contribution in [0.5, 0.6) is 0 Å². The third-order valence-electron chi connectivity index (χ3n) is 4.07. The maximum atomic E-state index is 13.2. The summed E-state index contributed by atoms with van der Waals surface area (Å²) in [4.78, 5) is 18.8. The second-order valence-corrected chi connectivity index (χ2v) is 6.93. The molecule has 1 heterocycles. The molecule has 3 rings (SSSR count). The Morgan fingerprint density at radius 3 is 2.50 bits per heavy atom. The lowest BCUT2D eigenvalue weighted by molar-refractivity contribution is 0.0739. The first-order valence-electron chi connectivity index (χ1n) is 8.37. The first kappa shape index (κ1) is 18.3. The van der Waals surface area contributed by atoms with Gasteiger partial charge in [0.1, 0.15) is 5.82 Å². The Morgan fingerprint density at radius 2 is 1.85 bits per heavy atom. The molecule has 1 aromatic heterocycles. The molecule has 134 valence electrons. The van der Waals surface area contributed by atoms with Gasteiger partial charge in [-0.25, -0.2) is 9.37 Å². The minimum absolute atomic E-state index is 0.0348. The van der Waals surface area contributed by atoms with Gasteiger partial charge in [-0.3, -0.25) is 4.79 Å². The molecular weight excluding hydrogens is 397 g/mol. The molecule has 0 aliphatic heterocycles. The second kappa shape index (κ2) is 8.76. The van der Waals surface area contributed by atoms with E-state index in [1.807, 2.05) is 22.9 Å². The molecular formula is C20H19BrFN3O. The third-order valence-corrected chi connectivity index (χ3v) is 4.60. The van der Waals surface area contributed by atoms with Gasteiger partial charge in [0.2, 0.25) is 0 Å². The Labute approximate surface area is 160 Å². The molecule has 0 bridgehead atoms. The van der Waals surface area contributed by atoms with Gasteiger partial charge in [-0.1, -0.05) is 28.1 Å². The maximum absolute atomic E-state index is 13.2. The van der Waals surface area contributed by atoms with Crippen molar-refractivity contribution < 1.29 is 9.18 Å².